The smallest absolute Gasteiger partial charge is 0.341 e. The predicted octanol–water partition coefficient (Wildman–Crippen LogP) is 4.79. The summed E-state index contributed by atoms with van der Waals surface area (Å²) in [7, 11) is -2.29. The summed E-state index contributed by atoms with van der Waals surface area (Å²) in [6.07, 6.45) is 2.16. The van der Waals surface area contributed by atoms with Crippen molar-refractivity contribution in [2.45, 2.75) is 64.4 Å². The monoisotopic (exact) mass is 557 g/mol. The summed E-state index contributed by atoms with van der Waals surface area (Å²) in [5, 5.41) is 3.33. The van der Waals surface area contributed by atoms with Gasteiger partial charge in [0.1, 0.15) is 5.00 Å². The number of fused-ring (bicyclic) bond motifs is 1. The molecule has 200 valence electrons. The molecule has 36 heavy (non-hydrogen) atoms. The Hall–Kier alpha value is -1.98. The first-order valence-corrected chi connectivity index (χ1v) is 14.3. The molecule has 0 radical (unpaired) electrons. The Morgan fingerprint density at radius 2 is 1.75 bits per heavy atom. The van der Waals surface area contributed by atoms with Gasteiger partial charge in [-0.25, -0.2) is 13.2 Å². The molecule has 0 fully saturated rings. The zero-order valence-electron chi connectivity index (χ0n) is 21.5. The van der Waals surface area contributed by atoms with E-state index in [1.165, 1.54) is 47.0 Å². The van der Waals surface area contributed by atoms with Gasteiger partial charge in [0.25, 0.3) is 5.91 Å². The second-order valence-electron chi connectivity index (χ2n) is 8.90. The highest BCUT2D eigenvalue weighted by Gasteiger charge is 2.30. The Morgan fingerprint density at radius 1 is 1.14 bits per heavy atom. The Bertz CT molecular complexity index is 1160. The first kappa shape index (κ1) is 30.2. The number of hydrogen-bond donors (Lipinski definition) is 1. The van der Waals surface area contributed by atoms with E-state index in [0.717, 1.165) is 36.4 Å². The molecule has 2 aromatic rings. The van der Waals surface area contributed by atoms with Gasteiger partial charge in [-0.1, -0.05) is 13.8 Å². The molecule has 1 aromatic carbocycles. The Labute approximate surface area is 224 Å². The van der Waals surface area contributed by atoms with Crippen LogP contribution in [-0.4, -0.2) is 62.3 Å². The molecule has 11 heteroatoms. The van der Waals surface area contributed by atoms with Crippen molar-refractivity contribution in [2.24, 2.45) is 0 Å². The van der Waals surface area contributed by atoms with Crippen LogP contribution in [0.15, 0.2) is 29.2 Å². The van der Waals surface area contributed by atoms with E-state index in [4.69, 9.17) is 4.74 Å². The average molecular weight is 558 g/mol. The van der Waals surface area contributed by atoms with Crippen LogP contribution in [0.5, 0.6) is 0 Å². The van der Waals surface area contributed by atoms with Crippen molar-refractivity contribution in [1.82, 2.24) is 9.21 Å². The number of anilines is 1. The number of hydrogen-bond acceptors (Lipinski definition) is 7. The fourth-order valence-electron chi connectivity index (χ4n) is 4.22. The van der Waals surface area contributed by atoms with E-state index in [1.807, 2.05) is 13.8 Å². The number of esters is 1. The number of amides is 1. The normalized spacial score (nSPS) is 13.9. The van der Waals surface area contributed by atoms with Crippen LogP contribution >= 0.6 is 23.7 Å². The highest BCUT2D eigenvalue weighted by atomic mass is 35.5. The van der Waals surface area contributed by atoms with Crippen LogP contribution in [0.2, 0.25) is 0 Å². The summed E-state index contributed by atoms with van der Waals surface area (Å²) in [5.41, 5.74) is 1.66. The van der Waals surface area contributed by atoms with Crippen molar-refractivity contribution in [3.8, 4) is 0 Å². The standard InChI is InChI=1S/C25H35N3O5S2.ClH/c1-6-13-28(14-7-2)35(31,32)19-10-8-18(9-11-19)23(29)26-24-22(25(30)33-5)20-12-15-27(17(3)4)16-21(20)34-24;/h8-11,17H,6-7,12-16H2,1-5H3,(H,26,29);1H. The minimum atomic E-state index is -3.62. The lowest BCUT2D eigenvalue weighted by Crippen LogP contribution is -2.35. The maximum atomic E-state index is 13.0. The minimum absolute atomic E-state index is 0. The number of carbonyl (C=O) groups is 2. The summed E-state index contributed by atoms with van der Waals surface area (Å²) < 4.78 is 32.5. The summed E-state index contributed by atoms with van der Waals surface area (Å²) in [4.78, 5) is 29.1. The number of benzene rings is 1. The molecule has 8 nitrogen and oxygen atoms in total. The highest BCUT2D eigenvalue weighted by molar-refractivity contribution is 7.89. The second kappa shape index (κ2) is 13.0. The maximum Gasteiger partial charge on any atom is 0.341 e. The number of halogens is 1. The zero-order valence-corrected chi connectivity index (χ0v) is 23.9. The van der Waals surface area contributed by atoms with Crippen LogP contribution < -0.4 is 5.32 Å². The van der Waals surface area contributed by atoms with Crippen LogP contribution in [0.4, 0.5) is 5.00 Å². The van der Waals surface area contributed by atoms with Gasteiger partial charge in [0, 0.05) is 42.7 Å². The number of rotatable bonds is 10. The zero-order chi connectivity index (χ0) is 25.8. The van der Waals surface area contributed by atoms with Crippen LogP contribution in [-0.2, 0) is 27.7 Å². The van der Waals surface area contributed by atoms with Gasteiger partial charge in [-0.15, -0.1) is 23.7 Å². The third kappa shape index (κ3) is 6.47. The van der Waals surface area contributed by atoms with Gasteiger partial charge in [0.2, 0.25) is 10.0 Å². The molecule has 0 spiro atoms. The molecule has 0 saturated heterocycles. The summed E-state index contributed by atoms with van der Waals surface area (Å²) >= 11 is 1.40. The summed E-state index contributed by atoms with van der Waals surface area (Å²) in [6.45, 7) is 10.6. The Morgan fingerprint density at radius 3 is 2.28 bits per heavy atom. The number of ether oxygens (including phenoxy) is 1. The Kier molecular flexibility index (Phi) is 10.9. The molecule has 1 aliphatic rings. The Balaban J connectivity index is 0.00000456. The highest BCUT2D eigenvalue weighted by Crippen LogP contribution is 2.38. The molecule has 3 rings (SSSR count). The molecule has 0 atom stereocenters. The topological polar surface area (TPSA) is 96.0 Å². The molecule has 1 amide bonds. The number of sulfonamides is 1. The van der Waals surface area contributed by atoms with Crippen molar-refractivity contribution in [1.29, 1.82) is 0 Å². The van der Waals surface area contributed by atoms with E-state index in [1.54, 1.807) is 0 Å². The molecular weight excluding hydrogens is 522 g/mol. The van der Waals surface area contributed by atoms with Gasteiger partial charge >= 0.3 is 5.97 Å². The number of nitrogens with zero attached hydrogens (tertiary/aromatic N) is 2. The lowest BCUT2D eigenvalue weighted by molar-refractivity contribution is 0.0600. The molecule has 0 unspecified atom stereocenters. The fraction of sp³-hybridized carbons (Fsp3) is 0.520. The van der Waals surface area contributed by atoms with Crippen molar-refractivity contribution in [3.05, 3.63) is 45.8 Å². The van der Waals surface area contributed by atoms with Crippen LogP contribution in [0.25, 0.3) is 0 Å². The van der Waals surface area contributed by atoms with E-state index in [2.05, 4.69) is 24.1 Å². The number of methoxy groups -OCH3 is 1. The van der Waals surface area contributed by atoms with Crippen molar-refractivity contribution in [2.75, 3.05) is 32.1 Å². The molecular formula is C25H36ClN3O5S2. The third-order valence-corrected chi connectivity index (χ3v) is 9.18. The van der Waals surface area contributed by atoms with Crippen LogP contribution in [0.1, 0.15) is 71.7 Å². The summed E-state index contributed by atoms with van der Waals surface area (Å²) in [6, 6.07) is 6.31. The molecule has 0 aliphatic carbocycles. The van der Waals surface area contributed by atoms with Gasteiger partial charge in [-0.3, -0.25) is 9.69 Å². The van der Waals surface area contributed by atoms with Gasteiger partial charge < -0.3 is 10.1 Å². The quantitative estimate of drug-likeness (QED) is 0.422. The van der Waals surface area contributed by atoms with E-state index < -0.39 is 21.9 Å². The van der Waals surface area contributed by atoms with Crippen LogP contribution in [0.3, 0.4) is 0 Å². The van der Waals surface area contributed by atoms with Gasteiger partial charge in [-0.05, 0) is 62.9 Å². The van der Waals surface area contributed by atoms with Gasteiger partial charge in [0.15, 0.2) is 0 Å². The second-order valence-corrected chi connectivity index (χ2v) is 11.9. The largest absolute Gasteiger partial charge is 0.465 e. The predicted molar refractivity (Wildman–Crippen MR) is 146 cm³/mol. The SMILES string of the molecule is CCCN(CCC)S(=O)(=O)c1ccc(C(=O)Nc2sc3c(c2C(=O)OC)CCN(C(C)C)C3)cc1.Cl. The van der Waals surface area contributed by atoms with E-state index in [-0.39, 0.29) is 17.3 Å². The first-order chi connectivity index (χ1) is 16.6. The lowest BCUT2D eigenvalue weighted by Gasteiger charge is -2.30. The van der Waals surface area contributed by atoms with E-state index in [9.17, 15) is 18.0 Å². The number of carbonyl (C=O) groups excluding carboxylic acids is 2. The molecule has 1 aromatic heterocycles. The number of thiophene rings is 1. The van der Waals surface area contributed by atoms with Crippen LogP contribution in [0, 0.1) is 0 Å². The van der Waals surface area contributed by atoms with Crippen molar-refractivity contribution < 1.29 is 22.7 Å². The molecule has 2 heterocycles. The molecule has 1 aliphatic heterocycles. The third-order valence-electron chi connectivity index (χ3n) is 6.13. The van der Waals surface area contributed by atoms with Gasteiger partial charge in [-0.2, -0.15) is 4.31 Å². The average Bonchev–Trinajstić information content (AvgIpc) is 3.20. The lowest BCUT2D eigenvalue weighted by atomic mass is 10.0. The number of nitrogens with one attached hydrogen (secondary N) is 1. The molecule has 0 saturated carbocycles. The molecule has 1 N–H and O–H groups in total. The molecule has 0 bridgehead atoms. The maximum absolute atomic E-state index is 13.0. The summed E-state index contributed by atoms with van der Waals surface area (Å²) in [5.74, 6) is -0.874. The first-order valence-electron chi connectivity index (χ1n) is 12.0. The van der Waals surface area contributed by atoms with Crippen molar-refractivity contribution in [3.63, 3.8) is 0 Å². The fourth-order valence-corrected chi connectivity index (χ4v) is 7.10. The van der Waals surface area contributed by atoms with Gasteiger partial charge in [0.05, 0.1) is 17.6 Å². The van der Waals surface area contributed by atoms with E-state index >= 15 is 0 Å². The van der Waals surface area contributed by atoms with E-state index in [0.29, 0.717) is 41.7 Å². The minimum Gasteiger partial charge on any atom is -0.465 e. The van der Waals surface area contributed by atoms with Crippen molar-refractivity contribution >= 4 is 50.6 Å².